The maximum Gasteiger partial charge on any atom is 0.317 e. The smallest absolute Gasteiger partial charge is 0.317 e. The molecule has 0 spiro atoms. The monoisotopic (exact) mass is 433 g/mol. The minimum atomic E-state index is -0.461. The molecule has 1 saturated heterocycles. The lowest BCUT2D eigenvalue weighted by atomic mass is 9.83. The number of ether oxygens (including phenoxy) is 2. The van der Waals surface area contributed by atoms with Crippen LogP contribution in [0.5, 0.6) is 0 Å². The van der Waals surface area contributed by atoms with Crippen molar-refractivity contribution in [1.29, 1.82) is 0 Å². The second-order valence-corrected chi connectivity index (χ2v) is 8.54. The SMILES string of the molecule is CCNC(=O)N1CC(COCC(N)=O)CC1C.COC1CCC(c2ccccc2)CC1. The molecule has 2 unspecified atom stereocenters. The molecule has 7 heteroatoms. The van der Waals surface area contributed by atoms with E-state index in [2.05, 4.69) is 35.6 Å². The minimum Gasteiger partial charge on any atom is -0.381 e. The van der Waals surface area contributed by atoms with Crippen molar-refractivity contribution in [2.45, 2.75) is 64.0 Å². The molecule has 0 aromatic heterocycles. The van der Waals surface area contributed by atoms with E-state index in [-0.39, 0.29) is 24.6 Å². The Labute approximate surface area is 186 Å². The van der Waals surface area contributed by atoms with Crippen LogP contribution >= 0.6 is 0 Å². The van der Waals surface area contributed by atoms with Crippen molar-refractivity contribution >= 4 is 11.9 Å². The van der Waals surface area contributed by atoms with Gasteiger partial charge in [0.1, 0.15) is 6.61 Å². The number of rotatable bonds is 7. The quantitative estimate of drug-likeness (QED) is 0.690. The first kappa shape index (κ1) is 25.1. The predicted octanol–water partition coefficient (Wildman–Crippen LogP) is 3.29. The molecule has 7 nitrogen and oxygen atoms in total. The van der Waals surface area contributed by atoms with E-state index in [0.29, 0.717) is 25.8 Å². The minimum absolute atomic E-state index is 0.0302. The number of hydrogen-bond donors (Lipinski definition) is 2. The molecule has 0 bridgehead atoms. The van der Waals surface area contributed by atoms with E-state index in [4.69, 9.17) is 15.2 Å². The van der Waals surface area contributed by atoms with Gasteiger partial charge >= 0.3 is 6.03 Å². The van der Waals surface area contributed by atoms with Gasteiger partial charge in [-0.2, -0.15) is 0 Å². The van der Waals surface area contributed by atoms with Gasteiger partial charge in [-0.3, -0.25) is 4.79 Å². The number of carbonyl (C=O) groups excluding carboxylic acids is 2. The highest BCUT2D eigenvalue weighted by atomic mass is 16.5. The number of nitrogens with one attached hydrogen (secondary N) is 1. The molecule has 31 heavy (non-hydrogen) atoms. The average Bonchev–Trinajstić information content (AvgIpc) is 3.15. The normalized spacial score (nSPS) is 25.5. The fourth-order valence-electron chi connectivity index (χ4n) is 4.48. The van der Waals surface area contributed by atoms with Gasteiger partial charge in [-0.25, -0.2) is 4.79 Å². The lowest BCUT2D eigenvalue weighted by Crippen LogP contribution is -2.41. The van der Waals surface area contributed by atoms with Crippen LogP contribution in [0.2, 0.25) is 0 Å². The van der Waals surface area contributed by atoms with Crippen LogP contribution in [-0.2, 0) is 14.3 Å². The molecule has 0 radical (unpaired) electrons. The summed E-state index contributed by atoms with van der Waals surface area (Å²) in [4.78, 5) is 24.0. The molecule has 1 aliphatic carbocycles. The largest absolute Gasteiger partial charge is 0.381 e. The summed E-state index contributed by atoms with van der Waals surface area (Å²) in [7, 11) is 1.83. The van der Waals surface area contributed by atoms with Crippen LogP contribution in [0.25, 0.3) is 0 Å². The van der Waals surface area contributed by atoms with Gasteiger partial charge < -0.3 is 25.4 Å². The predicted molar refractivity (Wildman–Crippen MR) is 122 cm³/mol. The second kappa shape index (κ2) is 13.3. The van der Waals surface area contributed by atoms with Crippen molar-refractivity contribution < 1.29 is 19.1 Å². The molecule has 3 N–H and O–H groups in total. The Morgan fingerprint density at radius 1 is 1.16 bits per heavy atom. The Kier molecular flexibility index (Phi) is 10.8. The average molecular weight is 434 g/mol. The van der Waals surface area contributed by atoms with Gasteiger partial charge in [0.05, 0.1) is 12.7 Å². The number of primary amides is 1. The van der Waals surface area contributed by atoms with Gasteiger partial charge in [0.15, 0.2) is 0 Å². The number of nitrogens with two attached hydrogens (primary N) is 1. The molecular formula is C24H39N3O4. The van der Waals surface area contributed by atoms with E-state index in [1.807, 2.05) is 25.9 Å². The molecule has 2 atom stereocenters. The van der Waals surface area contributed by atoms with Gasteiger partial charge in [-0.05, 0) is 57.4 Å². The Bertz CT molecular complexity index is 662. The van der Waals surface area contributed by atoms with Crippen LogP contribution in [0.1, 0.15) is 57.4 Å². The molecular weight excluding hydrogens is 394 g/mol. The molecule has 1 heterocycles. The Balaban J connectivity index is 0.000000224. The van der Waals surface area contributed by atoms with E-state index in [1.54, 1.807) is 0 Å². The van der Waals surface area contributed by atoms with E-state index in [9.17, 15) is 9.59 Å². The lowest BCUT2D eigenvalue weighted by molar-refractivity contribution is -0.122. The highest BCUT2D eigenvalue weighted by Gasteiger charge is 2.32. The molecule has 2 fully saturated rings. The molecule has 1 aliphatic heterocycles. The number of urea groups is 1. The summed E-state index contributed by atoms with van der Waals surface area (Å²) in [5.41, 5.74) is 6.48. The number of benzene rings is 1. The van der Waals surface area contributed by atoms with Gasteiger partial charge in [-0.15, -0.1) is 0 Å². The number of amides is 3. The first-order chi connectivity index (χ1) is 14.9. The van der Waals surface area contributed by atoms with E-state index in [0.717, 1.165) is 12.3 Å². The summed E-state index contributed by atoms with van der Waals surface area (Å²) in [6.45, 7) is 5.64. The molecule has 1 aromatic carbocycles. The second-order valence-electron chi connectivity index (χ2n) is 8.54. The third-order valence-electron chi connectivity index (χ3n) is 6.13. The summed E-state index contributed by atoms with van der Waals surface area (Å²) < 4.78 is 10.6. The number of nitrogens with zero attached hydrogens (tertiary/aromatic N) is 1. The Morgan fingerprint density at radius 3 is 2.42 bits per heavy atom. The molecule has 174 valence electrons. The molecule has 3 amide bonds. The summed E-state index contributed by atoms with van der Waals surface area (Å²) in [5.74, 6) is 0.589. The Hall–Kier alpha value is -2.12. The van der Waals surface area contributed by atoms with Crippen molar-refractivity contribution in [2.75, 3.05) is 33.4 Å². The highest BCUT2D eigenvalue weighted by molar-refractivity contribution is 5.75. The van der Waals surface area contributed by atoms with Crippen molar-refractivity contribution in [2.24, 2.45) is 11.7 Å². The van der Waals surface area contributed by atoms with E-state index < -0.39 is 5.91 Å². The standard InChI is InChI=1S/C13H18O.C11H21N3O3/c1-14-13-9-7-12(8-10-13)11-5-3-2-4-6-11;1-3-13-11(16)14-5-9(4-8(14)2)6-17-7-10(12)15/h2-6,12-13H,7-10H2,1H3;8-9H,3-7H2,1-2H3,(H2,12,15)(H,13,16). The number of hydrogen-bond acceptors (Lipinski definition) is 4. The van der Waals surface area contributed by atoms with Crippen molar-refractivity contribution in [1.82, 2.24) is 10.2 Å². The van der Waals surface area contributed by atoms with Crippen molar-refractivity contribution in [3.63, 3.8) is 0 Å². The van der Waals surface area contributed by atoms with Gasteiger partial charge in [0, 0.05) is 32.2 Å². The van der Waals surface area contributed by atoms with Crippen LogP contribution in [-0.4, -0.2) is 62.4 Å². The van der Waals surface area contributed by atoms with Crippen molar-refractivity contribution in [3.8, 4) is 0 Å². The van der Waals surface area contributed by atoms with Crippen LogP contribution in [0, 0.1) is 5.92 Å². The first-order valence-electron chi connectivity index (χ1n) is 11.4. The Morgan fingerprint density at radius 2 is 1.84 bits per heavy atom. The highest BCUT2D eigenvalue weighted by Crippen LogP contribution is 2.33. The van der Waals surface area contributed by atoms with E-state index >= 15 is 0 Å². The zero-order chi connectivity index (χ0) is 22.6. The van der Waals surface area contributed by atoms with Crippen molar-refractivity contribution in [3.05, 3.63) is 35.9 Å². The lowest BCUT2D eigenvalue weighted by Gasteiger charge is -2.27. The fraction of sp³-hybridized carbons (Fsp3) is 0.667. The van der Waals surface area contributed by atoms with Gasteiger partial charge in [0.2, 0.25) is 5.91 Å². The molecule has 1 saturated carbocycles. The van der Waals surface area contributed by atoms with Gasteiger partial charge in [-0.1, -0.05) is 30.3 Å². The van der Waals surface area contributed by atoms with Gasteiger partial charge in [0.25, 0.3) is 0 Å². The number of likely N-dealkylation sites (tertiary alicyclic amines) is 1. The fourth-order valence-corrected chi connectivity index (χ4v) is 4.48. The summed E-state index contributed by atoms with van der Waals surface area (Å²) >= 11 is 0. The molecule has 3 rings (SSSR count). The summed E-state index contributed by atoms with van der Waals surface area (Å²) in [5, 5.41) is 2.78. The zero-order valence-electron chi connectivity index (χ0n) is 19.2. The zero-order valence-corrected chi connectivity index (χ0v) is 19.2. The third kappa shape index (κ3) is 8.50. The number of carbonyl (C=O) groups is 2. The maximum absolute atomic E-state index is 11.7. The summed E-state index contributed by atoms with van der Waals surface area (Å²) in [6, 6.07) is 11.0. The molecule has 1 aromatic rings. The summed E-state index contributed by atoms with van der Waals surface area (Å²) in [6.07, 6.45) is 6.41. The maximum atomic E-state index is 11.7. The third-order valence-corrected chi connectivity index (χ3v) is 6.13. The van der Waals surface area contributed by atoms with Crippen LogP contribution < -0.4 is 11.1 Å². The molecule has 2 aliphatic rings. The first-order valence-corrected chi connectivity index (χ1v) is 11.4. The van der Waals surface area contributed by atoms with Crippen LogP contribution in [0.4, 0.5) is 4.79 Å². The number of methoxy groups -OCH3 is 1. The van der Waals surface area contributed by atoms with Crippen LogP contribution in [0.3, 0.4) is 0 Å². The van der Waals surface area contributed by atoms with Crippen LogP contribution in [0.15, 0.2) is 30.3 Å². The topological polar surface area (TPSA) is 93.9 Å². The van der Waals surface area contributed by atoms with E-state index in [1.165, 1.54) is 31.2 Å².